The normalized spacial score (nSPS) is 13.5. The number of benzene rings is 1. The minimum absolute atomic E-state index is 0.132. The molecule has 7 nitrogen and oxygen atoms in total. The average Bonchev–Trinajstić information content (AvgIpc) is 2.49. The zero-order valence-electron chi connectivity index (χ0n) is 11.2. The van der Waals surface area contributed by atoms with Gasteiger partial charge in [-0.25, -0.2) is 0 Å². The summed E-state index contributed by atoms with van der Waals surface area (Å²) in [5, 5.41) is 11.4. The number of nitrogens with zero attached hydrogens (tertiary/aromatic N) is 3. The summed E-state index contributed by atoms with van der Waals surface area (Å²) >= 11 is 5.93. The largest absolute Gasteiger partial charge is 0.477 e. The molecule has 0 unspecified atom stereocenters. The number of anilines is 1. The summed E-state index contributed by atoms with van der Waals surface area (Å²) in [6.07, 6.45) is 0. The Morgan fingerprint density at radius 2 is 2.18 bits per heavy atom. The van der Waals surface area contributed by atoms with E-state index in [0.29, 0.717) is 10.8 Å². The lowest BCUT2D eigenvalue weighted by atomic mass is 10.2. The monoisotopic (exact) mass is 319 g/mol. The highest BCUT2D eigenvalue weighted by molar-refractivity contribution is 6.30. The number of ether oxygens (including phenoxy) is 1. The van der Waals surface area contributed by atoms with Crippen molar-refractivity contribution < 1.29 is 14.5 Å². The van der Waals surface area contributed by atoms with Crippen LogP contribution in [-0.4, -0.2) is 22.4 Å². The first-order chi connectivity index (χ1) is 10.5. The molecule has 3 rings (SSSR count). The molecule has 2 heterocycles. The lowest BCUT2D eigenvalue weighted by Gasteiger charge is -2.25. The van der Waals surface area contributed by atoms with Gasteiger partial charge in [-0.1, -0.05) is 23.7 Å². The van der Waals surface area contributed by atoms with Crippen LogP contribution in [0.15, 0.2) is 36.4 Å². The van der Waals surface area contributed by atoms with Gasteiger partial charge in [0.1, 0.15) is 0 Å². The summed E-state index contributed by atoms with van der Waals surface area (Å²) in [5.41, 5.74) is 0.794. The first kappa shape index (κ1) is 14.3. The Balaban J connectivity index is 1.99. The molecular weight excluding hydrogens is 310 g/mol. The van der Waals surface area contributed by atoms with Crippen LogP contribution in [-0.2, 0) is 11.3 Å². The van der Waals surface area contributed by atoms with E-state index in [1.807, 2.05) is 6.07 Å². The Kier molecular flexibility index (Phi) is 3.64. The number of aromatic nitrogens is 1. The van der Waals surface area contributed by atoms with Crippen LogP contribution in [0.5, 0.6) is 5.75 Å². The van der Waals surface area contributed by atoms with Gasteiger partial charge in [-0.3, -0.25) is 9.69 Å². The SMILES string of the molecule is O=C1COc2ccc([N+](=O)[O-])nc2N1Cc1cccc(Cl)c1. The highest BCUT2D eigenvalue weighted by Crippen LogP contribution is 2.33. The molecule has 22 heavy (non-hydrogen) atoms. The molecular formula is C14H10ClN3O4. The summed E-state index contributed by atoms with van der Waals surface area (Å²) in [6.45, 7) is 0.0803. The second kappa shape index (κ2) is 5.61. The fourth-order valence-electron chi connectivity index (χ4n) is 2.15. The number of rotatable bonds is 3. The van der Waals surface area contributed by atoms with Gasteiger partial charge in [0.15, 0.2) is 12.4 Å². The van der Waals surface area contributed by atoms with Crippen LogP contribution < -0.4 is 9.64 Å². The molecule has 0 aliphatic carbocycles. The van der Waals surface area contributed by atoms with Gasteiger partial charge in [-0.15, -0.1) is 0 Å². The van der Waals surface area contributed by atoms with Crippen LogP contribution in [0.4, 0.5) is 11.6 Å². The van der Waals surface area contributed by atoms with Crippen molar-refractivity contribution in [3.8, 4) is 5.75 Å². The lowest BCUT2D eigenvalue weighted by molar-refractivity contribution is -0.389. The third-order valence-electron chi connectivity index (χ3n) is 3.15. The number of halogens is 1. The predicted octanol–water partition coefficient (Wildman–Crippen LogP) is 2.57. The van der Waals surface area contributed by atoms with Crippen LogP contribution in [0, 0.1) is 10.1 Å². The number of hydrogen-bond donors (Lipinski definition) is 0. The van der Waals surface area contributed by atoms with E-state index >= 15 is 0 Å². The second-order valence-corrected chi connectivity index (χ2v) is 5.08. The first-order valence-corrected chi connectivity index (χ1v) is 6.75. The number of carbonyl (C=O) groups is 1. The molecule has 1 aromatic heterocycles. The van der Waals surface area contributed by atoms with Gasteiger partial charge < -0.3 is 14.9 Å². The van der Waals surface area contributed by atoms with E-state index in [0.717, 1.165) is 5.56 Å². The molecule has 0 saturated heterocycles. The number of amides is 1. The number of nitro groups is 1. The van der Waals surface area contributed by atoms with Crippen LogP contribution in [0.3, 0.4) is 0 Å². The van der Waals surface area contributed by atoms with Crippen LogP contribution in [0.1, 0.15) is 5.56 Å². The smallest absolute Gasteiger partial charge is 0.366 e. The molecule has 0 bridgehead atoms. The van der Waals surface area contributed by atoms with Crippen molar-refractivity contribution in [2.24, 2.45) is 0 Å². The quantitative estimate of drug-likeness (QED) is 0.641. The molecule has 0 fully saturated rings. The van der Waals surface area contributed by atoms with Gasteiger partial charge in [0, 0.05) is 11.1 Å². The molecule has 0 N–H and O–H groups in total. The van der Waals surface area contributed by atoms with Gasteiger partial charge in [-0.05, 0) is 33.7 Å². The molecule has 8 heteroatoms. The fraction of sp³-hybridized carbons (Fsp3) is 0.143. The van der Waals surface area contributed by atoms with Crippen LogP contribution in [0.25, 0.3) is 0 Å². The van der Waals surface area contributed by atoms with E-state index < -0.39 is 4.92 Å². The molecule has 1 amide bonds. The summed E-state index contributed by atoms with van der Waals surface area (Å²) < 4.78 is 5.26. The number of pyridine rings is 1. The molecule has 0 spiro atoms. The standard InChI is InChI=1S/C14H10ClN3O4/c15-10-3-1-2-9(6-10)7-17-13(19)8-22-11-4-5-12(18(20)21)16-14(11)17/h1-6H,7-8H2. The molecule has 112 valence electrons. The average molecular weight is 320 g/mol. The Morgan fingerprint density at radius 1 is 1.36 bits per heavy atom. The molecule has 0 radical (unpaired) electrons. The van der Waals surface area contributed by atoms with Gasteiger partial charge in [0.05, 0.1) is 6.54 Å². The summed E-state index contributed by atoms with van der Waals surface area (Å²) in [7, 11) is 0. The van der Waals surface area contributed by atoms with Crippen molar-refractivity contribution in [2.45, 2.75) is 6.54 Å². The van der Waals surface area contributed by atoms with E-state index in [-0.39, 0.29) is 30.7 Å². The molecule has 1 aliphatic rings. The predicted molar refractivity (Wildman–Crippen MR) is 79.0 cm³/mol. The zero-order valence-corrected chi connectivity index (χ0v) is 12.0. The van der Waals surface area contributed by atoms with E-state index in [1.165, 1.54) is 17.0 Å². The van der Waals surface area contributed by atoms with E-state index in [2.05, 4.69) is 4.98 Å². The van der Waals surface area contributed by atoms with Gasteiger partial charge in [-0.2, -0.15) is 0 Å². The number of fused-ring (bicyclic) bond motifs is 1. The lowest BCUT2D eigenvalue weighted by Crippen LogP contribution is -2.39. The highest BCUT2D eigenvalue weighted by Gasteiger charge is 2.32. The van der Waals surface area contributed by atoms with E-state index in [9.17, 15) is 14.9 Å². The van der Waals surface area contributed by atoms with E-state index in [4.69, 9.17) is 16.3 Å². The third-order valence-corrected chi connectivity index (χ3v) is 3.38. The van der Waals surface area contributed by atoms with Crippen LogP contribution in [0.2, 0.25) is 5.02 Å². The van der Waals surface area contributed by atoms with Crippen molar-refractivity contribution in [2.75, 3.05) is 11.5 Å². The summed E-state index contributed by atoms with van der Waals surface area (Å²) in [5.74, 6) is -0.175. The minimum Gasteiger partial charge on any atom is -0.477 e. The zero-order chi connectivity index (χ0) is 15.7. The molecule has 0 atom stereocenters. The second-order valence-electron chi connectivity index (χ2n) is 4.65. The molecule has 0 saturated carbocycles. The van der Waals surface area contributed by atoms with Crippen molar-refractivity contribution in [1.82, 2.24) is 4.98 Å². The highest BCUT2D eigenvalue weighted by atomic mass is 35.5. The van der Waals surface area contributed by atoms with Crippen molar-refractivity contribution in [3.63, 3.8) is 0 Å². The number of carbonyl (C=O) groups excluding carboxylic acids is 1. The summed E-state index contributed by atoms with van der Waals surface area (Å²) in [6, 6.07) is 9.71. The Morgan fingerprint density at radius 3 is 2.91 bits per heavy atom. The summed E-state index contributed by atoms with van der Waals surface area (Å²) in [4.78, 5) is 27.6. The van der Waals surface area contributed by atoms with Crippen LogP contribution >= 0.6 is 11.6 Å². The van der Waals surface area contributed by atoms with Gasteiger partial charge >= 0.3 is 5.82 Å². The Hall–Kier alpha value is -2.67. The Bertz CT molecular complexity index is 766. The van der Waals surface area contributed by atoms with Crippen molar-refractivity contribution in [3.05, 3.63) is 57.1 Å². The van der Waals surface area contributed by atoms with Gasteiger partial charge in [0.25, 0.3) is 11.7 Å². The third kappa shape index (κ3) is 2.71. The van der Waals surface area contributed by atoms with Crippen molar-refractivity contribution >= 4 is 29.1 Å². The molecule has 1 aliphatic heterocycles. The maximum atomic E-state index is 12.1. The topological polar surface area (TPSA) is 85.6 Å². The van der Waals surface area contributed by atoms with Crippen molar-refractivity contribution in [1.29, 1.82) is 0 Å². The first-order valence-electron chi connectivity index (χ1n) is 6.37. The molecule has 2 aromatic rings. The minimum atomic E-state index is -0.614. The Labute approximate surface area is 130 Å². The van der Waals surface area contributed by atoms with Gasteiger partial charge in [0.2, 0.25) is 0 Å². The molecule has 1 aromatic carbocycles. The van der Waals surface area contributed by atoms with E-state index in [1.54, 1.807) is 18.2 Å². The number of hydrogen-bond acceptors (Lipinski definition) is 5. The fourth-order valence-corrected chi connectivity index (χ4v) is 2.36. The maximum Gasteiger partial charge on any atom is 0.366 e. The maximum absolute atomic E-state index is 12.1.